The van der Waals surface area contributed by atoms with Crippen LogP contribution in [0.15, 0.2) is 168 Å². The van der Waals surface area contributed by atoms with E-state index >= 15 is 0 Å². The number of hydrogen-bond acceptors (Lipinski definition) is 2. The first-order valence-corrected chi connectivity index (χ1v) is 16.2. The van der Waals surface area contributed by atoms with Crippen molar-refractivity contribution < 1.29 is 9.47 Å². The molecule has 0 radical (unpaired) electrons. The van der Waals surface area contributed by atoms with Gasteiger partial charge in [-0.3, -0.25) is 0 Å². The van der Waals surface area contributed by atoms with Crippen LogP contribution in [0.4, 0.5) is 0 Å². The summed E-state index contributed by atoms with van der Waals surface area (Å²) in [6.07, 6.45) is 0. The van der Waals surface area contributed by atoms with Crippen LogP contribution < -0.4 is 9.47 Å². The van der Waals surface area contributed by atoms with Crippen molar-refractivity contribution in [1.29, 1.82) is 0 Å². The second kappa shape index (κ2) is 10.6. The topological polar surface area (TPSA) is 18.5 Å². The number of benzene rings is 7. The van der Waals surface area contributed by atoms with Gasteiger partial charge in [0.2, 0.25) is 0 Å². The van der Waals surface area contributed by atoms with Crippen LogP contribution in [-0.2, 0) is 5.41 Å². The first-order chi connectivity index (χ1) is 22.7. The highest BCUT2D eigenvalue weighted by Gasteiger charge is 2.51. The maximum Gasteiger partial charge on any atom is 0.145 e. The molecule has 9 rings (SSSR count). The van der Waals surface area contributed by atoms with Gasteiger partial charge in [0, 0.05) is 0 Å². The molecule has 2 nitrogen and oxygen atoms in total. The predicted molar refractivity (Wildman–Crippen MR) is 189 cm³/mol. The molecule has 3 heteroatoms. The van der Waals surface area contributed by atoms with Crippen LogP contribution >= 0.6 is 15.9 Å². The average Bonchev–Trinajstić information content (AvgIpc) is 3.58. The Morgan fingerprint density at radius 3 is 1.46 bits per heavy atom. The molecular weight excluding hydrogens is 628 g/mol. The molecule has 0 heterocycles. The smallest absolute Gasteiger partial charge is 0.145 e. The summed E-state index contributed by atoms with van der Waals surface area (Å²) in [4.78, 5) is 0. The molecule has 0 unspecified atom stereocenters. The van der Waals surface area contributed by atoms with Crippen LogP contribution in [0.3, 0.4) is 0 Å². The van der Waals surface area contributed by atoms with Crippen molar-refractivity contribution in [2.24, 2.45) is 0 Å². The standard InChI is InChI=1S/C43H27BrO2/c44-42-40(45-30-15-10-14-29(26-30)28-12-2-1-3-13-28)22-11-23-41(42)46-31-24-25-35-34-18-6-9-21-38(34)43(39(35)27-31)36-19-7-4-16-32(36)33-17-5-8-20-37(33)43/h1-27H. The van der Waals surface area contributed by atoms with E-state index in [2.05, 4.69) is 131 Å². The highest BCUT2D eigenvalue weighted by atomic mass is 79.9. The second-order valence-corrected chi connectivity index (χ2v) is 12.6. The Hall–Kier alpha value is -5.38. The fraction of sp³-hybridized carbons (Fsp3) is 0.0233. The summed E-state index contributed by atoms with van der Waals surface area (Å²) < 4.78 is 13.8. The molecule has 46 heavy (non-hydrogen) atoms. The van der Waals surface area contributed by atoms with Crippen LogP contribution in [-0.4, -0.2) is 0 Å². The number of hydrogen-bond donors (Lipinski definition) is 0. The fourth-order valence-corrected chi connectivity index (χ4v) is 7.84. The van der Waals surface area contributed by atoms with E-state index in [4.69, 9.17) is 9.47 Å². The third kappa shape index (κ3) is 4.02. The Morgan fingerprint density at radius 1 is 0.370 bits per heavy atom. The zero-order valence-corrected chi connectivity index (χ0v) is 26.4. The van der Waals surface area contributed by atoms with Gasteiger partial charge in [0.05, 0.1) is 5.41 Å². The summed E-state index contributed by atoms with van der Waals surface area (Å²) in [6, 6.07) is 57.4. The van der Waals surface area contributed by atoms with Gasteiger partial charge in [0.1, 0.15) is 27.5 Å². The van der Waals surface area contributed by atoms with E-state index in [1.165, 1.54) is 44.5 Å². The second-order valence-electron chi connectivity index (χ2n) is 11.8. The third-order valence-electron chi connectivity index (χ3n) is 9.29. The molecule has 0 saturated carbocycles. The Morgan fingerprint density at radius 2 is 0.848 bits per heavy atom. The van der Waals surface area contributed by atoms with Crippen molar-refractivity contribution in [3.63, 3.8) is 0 Å². The van der Waals surface area contributed by atoms with Gasteiger partial charge in [-0.2, -0.15) is 0 Å². The van der Waals surface area contributed by atoms with E-state index in [0.717, 1.165) is 27.1 Å². The normalized spacial score (nSPS) is 13.1. The fourth-order valence-electron chi connectivity index (χ4n) is 7.41. The van der Waals surface area contributed by atoms with E-state index in [9.17, 15) is 0 Å². The highest BCUT2D eigenvalue weighted by Crippen LogP contribution is 2.63. The van der Waals surface area contributed by atoms with Crippen molar-refractivity contribution >= 4 is 15.9 Å². The molecule has 0 atom stereocenters. The highest BCUT2D eigenvalue weighted by molar-refractivity contribution is 9.10. The molecular formula is C43H27BrO2. The molecule has 1 spiro atoms. The molecule has 7 aromatic rings. The number of halogens is 1. The predicted octanol–water partition coefficient (Wildman–Crippen LogP) is 12.0. The summed E-state index contributed by atoms with van der Waals surface area (Å²) in [5.74, 6) is 2.91. The maximum atomic E-state index is 6.66. The number of fused-ring (bicyclic) bond motifs is 10. The van der Waals surface area contributed by atoms with Crippen LogP contribution in [0, 0.1) is 0 Å². The van der Waals surface area contributed by atoms with Gasteiger partial charge in [-0.1, -0.05) is 127 Å². The lowest BCUT2D eigenvalue weighted by atomic mass is 9.70. The first kappa shape index (κ1) is 27.0. The molecule has 218 valence electrons. The number of rotatable bonds is 5. The molecule has 0 aliphatic heterocycles. The zero-order chi connectivity index (χ0) is 30.7. The monoisotopic (exact) mass is 654 g/mol. The summed E-state index contributed by atoms with van der Waals surface area (Å²) in [5.41, 5.74) is 12.1. The lowest BCUT2D eigenvalue weighted by Crippen LogP contribution is -2.25. The molecule has 0 amide bonds. The molecule has 0 aromatic heterocycles. The summed E-state index contributed by atoms with van der Waals surface area (Å²) in [6.45, 7) is 0. The lowest BCUT2D eigenvalue weighted by molar-refractivity contribution is 0.454. The minimum absolute atomic E-state index is 0.412. The van der Waals surface area contributed by atoms with Gasteiger partial charge in [-0.15, -0.1) is 0 Å². The Labute approximate surface area is 276 Å². The van der Waals surface area contributed by atoms with Gasteiger partial charge in [0.25, 0.3) is 0 Å². The largest absolute Gasteiger partial charge is 0.456 e. The van der Waals surface area contributed by atoms with Gasteiger partial charge >= 0.3 is 0 Å². The van der Waals surface area contributed by atoms with E-state index < -0.39 is 5.41 Å². The summed E-state index contributed by atoms with van der Waals surface area (Å²) in [7, 11) is 0. The molecule has 0 bridgehead atoms. The molecule has 0 saturated heterocycles. The molecule has 0 fully saturated rings. The Balaban J connectivity index is 1.11. The summed E-state index contributed by atoms with van der Waals surface area (Å²) in [5, 5.41) is 0. The summed E-state index contributed by atoms with van der Waals surface area (Å²) >= 11 is 3.80. The minimum atomic E-state index is -0.412. The van der Waals surface area contributed by atoms with Gasteiger partial charge in [-0.05, 0) is 108 Å². The van der Waals surface area contributed by atoms with Crippen LogP contribution in [0.2, 0.25) is 0 Å². The molecule has 0 N–H and O–H groups in total. The van der Waals surface area contributed by atoms with E-state index in [1.807, 2.05) is 48.5 Å². The maximum absolute atomic E-state index is 6.66. The van der Waals surface area contributed by atoms with Crippen LogP contribution in [0.5, 0.6) is 23.0 Å². The van der Waals surface area contributed by atoms with E-state index in [0.29, 0.717) is 11.5 Å². The van der Waals surface area contributed by atoms with Crippen molar-refractivity contribution in [1.82, 2.24) is 0 Å². The zero-order valence-electron chi connectivity index (χ0n) is 24.8. The first-order valence-electron chi connectivity index (χ1n) is 15.5. The van der Waals surface area contributed by atoms with Crippen molar-refractivity contribution in [3.8, 4) is 56.4 Å². The van der Waals surface area contributed by atoms with Crippen molar-refractivity contribution in [2.75, 3.05) is 0 Å². The molecule has 2 aliphatic carbocycles. The SMILES string of the molecule is Brc1c(Oc2cccc(-c3ccccc3)c2)cccc1Oc1ccc2c(c1)C1(c3ccccc3-c3ccccc31)c1ccccc1-2. The minimum Gasteiger partial charge on any atom is -0.456 e. The Bertz CT molecular complexity index is 2220. The quantitative estimate of drug-likeness (QED) is 0.184. The van der Waals surface area contributed by atoms with E-state index in [1.54, 1.807) is 0 Å². The Kier molecular flexibility index (Phi) is 6.22. The van der Waals surface area contributed by atoms with Gasteiger partial charge < -0.3 is 9.47 Å². The number of ether oxygens (including phenoxy) is 2. The average molecular weight is 656 g/mol. The molecule has 7 aromatic carbocycles. The third-order valence-corrected chi connectivity index (χ3v) is 10.1. The van der Waals surface area contributed by atoms with Gasteiger partial charge in [-0.25, -0.2) is 0 Å². The van der Waals surface area contributed by atoms with Gasteiger partial charge in [0.15, 0.2) is 0 Å². The van der Waals surface area contributed by atoms with E-state index in [-0.39, 0.29) is 0 Å². The van der Waals surface area contributed by atoms with Crippen LogP contribution in [0.25, 0.3) is 33.4 Å². The van der Waals surface area contributed by atoms with Crippen LogP contribution in [0.1, 0.15) is 22.3 Å². The van der Waals surface area contributed by atoms with Crippen molar-refractivity contribution in [2.45, 2.75) is 5.41 Å². The lowest BCUT2D eigenvalue weighted by Gasteiger charge is -2.30. The molecule has 2 aliphatic rings. The van der Waals surface area contributed by atoms with Crippen molar-refractivity contribution in [3.05, 3.63) is 191 Å².